The van der Waals surface area contributed by atoms with E-state index in [1.54, 1.807) is 25.6 Å². The van der Waals surface area contributed by atoms with Gasteiger partial charge in [-0.25, -0.2) is 4.98 Å². The smallest absolute Gasteiger partial charge is 0.170 e. The molecule has 0 saturated heterocycles. The second-order valence-corrected chi connectivity index (χ2v) is 6.31. The zero-order valence-corrected chi connectivity index (χ0v) is 13.4. The Balaban J connectivity index is 1.90. The Morgan fingerprint density at radius 3 is 2.76 bits per heavy atom. The van der Waals surface area contributed by atoms with Crippen molar-refractivity contribution in [2.24, 2.45) is 0 Å². The Labute approximate surface area is 129 Å². The number of benzene rings is 1. The molecule has 5 heteroatoms. The van der Waals surface area contributed by atoms with Crippen LogP contribution in [0.2, 0.25) is 0 Å². The van der Waals surface area contributed by atoms with Crippen LogP contribution in [0, 0.1) is 6.92 Å². The molecule has 1 heterocycles. The van der Waals surface area contributed by atoms with Crippen LogP contribution in [0.1, 0.15) is 23.4 Å². The Hall–Kier alpha value is -1.59. The van der Waals surface area contributed by atoms with Gasteiger partial charge < -0.3 is 14.8 Å². The molecule has 3 rings (SSSR count). The number of aromatic nitrogens is 1. The Bertz CT molecular complexity index is 635. The first-order valence-corrected chi connectivity index (χ1v) is 7.95. The van der Waals surface area contributed by atoms with Crippen LogP contribution in [-0.4, -0.2) is 25.2 Å². The third-order valence-electron chi connectivity index (χ3n) is 3.65. The van der Waals surface area contributed by atoms with Gasteiger partial charge in [-0.2, -0.15) is 0 Å². The molecule has 0 amide bonds. The minimum Gasteiger partial charge on any atom is -0.493 e. The van der Waals surface area contributed by atoms with Crippen LogP contribution in [0.15, 0.2) is 18.2 Å². The van der Waals surface area contributed by atoms with Gasteiger partial charge in [-0.05, 0) is 31.9 Å². The molecule has 1 aliphatic carbocycles. The van der Waals surface area contributed by atoms with Gasteiger partial charge in [0.2, 0.25) is 0 Å². The number of thiazole rings is 1. The van der Waals surface area contributed by atoms with Crippen molar-refractivity contribution in [3.63, 3.8) is 0 Å². The van der Waals surface area contributed by atoms with E-state index in [0.717, 1.165) is 34.3 Å². The maximum absolute atomic E-state index is 5.51. The summed E-state index contributed by atoms with van der Waals surface area (Å²) in [4.78, 5) is 6.00. The van der Waals surface area contributed by atoms with E-state index < -0.39 is 0 Å². The number of nitrogens with one attached hydrogen (secondary N) is 1. The number of aryl methyl sites for hydroxylation is 1. The van der Waals surface area contributed by atoms with Crippen molar-refractivity contribution < 1.29 is 9.47 Å². The average Bonchev–Trinajstić information content (AvgIpc) is 3.26. The fraction of sp³-hybridized carbons (Fsp3) is 0.438. The van der Waals surface area contributed by atoms with Crippen molar-refractivity contribution in [3.05, 3.63) is 28.8 Å². The number of para-hydroxylation sites is 1. The maximum atomic E-state index is 5.51. The van der Waals surface area contributed by atoms with Gasteiger partial charge in [0.1, 0.15) is 5.01 Å². The molecule has 0 spiro atoms. The molecule has 4 nitrogen and oxygen atoms in total. The highest BCUT2D eigenvalue weighted by atomic mass is 32.1. The molecule has 21 heavy (non-hydrogen) atoms. The van der Waals surface area contributed by atoms with Crippen LogP contribution < -0.4 is 14.8 Å². The second kappa shape index (κ2) is 6.03. The normalized spacial score (nSPS) is 14.2. The Morgan fingerprint density at radius 1 is 1.29 bits per heavy atom. The number of ether oxygens (including phenoxy) is 2. The van der Waals surface area contributed by atoms with Gasteiger partial charge >= 0.3 is 0 Å². The van der Waals surface area contributed by atoms with E-state index in [1.807, 2.05) is 18.2 Å². The Morgan fingerprint density at radius 2 is 2.10 bits per heavy atom. The molecule has 1 aliphatic rings. The Kier molecular flexibility index (Phi) is 4.12. The minimum atomic E-state index is 0.710. The largest absolute Gasteiger partial charge is 0.493 e. The summed E-state index contributed by atoms with van der Waals surface area (Å²) < 4.78 is 10.9. The lowest BCUT2D eigenvalue weighted by atomic mass is 10.2. The number of methoxy groups -OCH3 is 2. The van der Waals surface area contributed by atoms with E-state index >= 15 is 0 Å². The van der Waals surface area contributed by atoms with Crippen LogP contribution in [0.5, 0.6) is 11.5 Å². The van der Waals surface area contributed by atoms with Gasteiger partial charge in [-0.3, -0.25) is 0 Å². The number of hydrogen-bond donors (Lipinski definition) is 1. The molecule has 0 unspecified atom stereocenters. The van der Waals surface area contributed by atoms with Gasteiger partial charge in [0.25, 0.3) is 0 Å². The van der Waals surface area contributed by atoms with Crippen LogP contribution >= 0.6 is 11.3 Å². The third kappa shape index (κ3) is 3.04. The van der Waals surface area contributed by atoms with Gasteiger partial charge in [-0.1, -0.05) is 6.07 Å². The fourth-order valence-corrected chi connectivity index (χ4v) is 3.32. The monoisotopic (exact) mass is 304 g/mol. The summed E-state index contributed by atoms with van der Waals surface area (Å²) in [5.74, 6) is 1.48. The first-order valence-electron chi connectivity index (χ1n) is 7.14. The van der Waals surface area contributed by atoms with E-state index in [-0.39, 0.29) is 0 Å². The lowest BCUT2D eigenvalue weighted by molar-refractivity contribution is 0.356. The molecule has 1 N–H and O–H groups in total. The zero-order chi connectivity index (χ0) is 14.8. The number of nitrogens with zero attached hydrogens (tertiary/aromatic N) is 1. The third-order valence-corrected chi connectivity index (χ3v) is 4.85. The van der Waals surface area contributed by atoms with E-state index in [1.165, 1.54) is 17.7 Å². The molecule has 112 valence electrons. The molecule has 0 radical (unpaired) electrons. The fourth-order valence-electron chi connectivity index (χ4n) is 2.29. The highest BCUT2D eigenvalue weighted by Crippen LogP contribution is 2.40. The van der Waals surface area contributed by atoms with Gasteiger partial charge in [0, 0.05) is 17.5 Å². The summed E-state index contributed by atoms with van der Waals surface area (Å²) in [6.45, 7) is 2.97. The topological polar surface area (TPSA) is 43.4 Å². The van der Waals surface area contributed by atoms with Gasteiger partial charge in [0.15, 0.2) is 11.5 Å². The zero-order valence-electron chi connectivity index (χ0n) is 12.6. The summed E-state index contributed by atoms with van der Waals surface area (Å²) in [7, 11) is 3.32. The predicted octanol–water partition coefficient (Wildman–Crippen LogP) is 3.39. The molecule has 0 atom stereocenters. The van der Waals surface area contributed by atoms with E-state index in [9.17, 15) is 0 Å². The highest BCUT2D eigenvalue weighted by molar-refractivity contribution is 7.15. The summed E-state index contributed by atoms with van der Waals surface area (Å²) in [6, 6.07) is 6.60. The number of hydrogen-bond acceptors (Lipinski definition) is 5. The lowest BCUT2D eigenvalue weighted by Crippen LogP contribution is -2.14. The highest BCUT2D eigenvalue weighted by Gasteiger charge is 2.22. The SMILES string of the molecule is COc1cccc(-c2nc(C)c(CNC3CC3)s2)c1OC. The standard InChI is InChI=1S/C16H20N2O2S/c1-10-14(9-17-11-7-8-11)21-16(18-10)12-5-4-6-13(19-2)15(12)20-3/h4-6,11,17H,7-9H2,1-3H3. The molecule has 0 bridgehead atoms. The first-order chi connectivity index (χ1) is 10.2. The summed E-state index contributed by atoms with van der Waals surface area (Å²) >= 11 is 1.72. The van der Waals surface area contributed by atoms with Crippen molar-refractivity contribution in [1.82, 2.24) is 10.3 Å². The van der Waals surface area contributed by atoms with E-state index in [4.69, 9.17) is 14.5 Å². The van der Waals surface area contributed by atoms with Crippen LogP contribution in [0.3, 0.4) is 0 Å². The van der Waals surface area contributed by atoms with Crippen LogP contribution in [-0.2, 0) is 6.54 Å². The summed E-state index contributed by atoms with van der Waals surface area (Å²) in [5, 5.41) is 4.53. The number of rotatable bonds is 6. The first kappa shape index (κ1) is 14.4. The van der Waals surface area contributed by atoms with Gasteiger partial charge in [0.05, 0.1) is 25.5 Å². The minimum absolute atomic E-state index is 0.710. The van der Waals surface area contributed by atoms with Crippen LogP contribution in [0.4, 0.5) is 0 Å². The molecule has 1 aromatic heterocycles. The van der Waals surface area contributed by atoms with E-state index in [0.29, 0.717) is 6.04 Å². The summed E-state index contributed by atoms with van der Waals surface area (Å²) in [6.07, 6.45) is 2.60. The van der Waals surface area contributed by atoms with E-state index in [2.05, 4.69) is 12.2 Å². The van der Waals surface area contributed by atoms with Crippen molar-refractivity contribution in [1.29, 1.82) is 0 Å². The predicted molar refractivity (Wildman–Crippen MR) is 85.3 cm³/mol. The molecule has 1 aromatic carbocycles. The summed E-state index contributed by atoms with van der Waals surface area (Å²) in [5.41, 5.74) is 2.08. The van der Waals surface area contributed by atoms with Crippen molar-refractivity contribution in [2.45, 2.75) is 32.4 Å². The molecular formula is C16H20N2O2S. The molecule has 1 saturated carbocycles. The molecule has 2 aromatic rings. The quantitative estimate of drug-likeness (QED) is 0.888. The molecule has 0 aliphatic heterocycles. The van der Waals surface area contributed by atoms with Crippen LogP contribution in [0.25, 0.3) is 10.6 Å². The van der Waals surface area contributed by atoms with Crippen molar-refractivity contribution >= 4 is 11.3 Å². The molecular weight excluding hydrogens is 284 g/mol. The van der Waals surface area contributed by atoms with Crippen molar-refractivity contribution in [2.75, 3.05) is 14.2 Å². The average molecular weight is 304 g/mol. The maximum Gasteiger partial charge on any atom is 0.170 e. The lowest BCUT2D eigenvalue weighted by Gasteiger charge is -2.10. The van der Waals surface area contributed by atoms with Crippen molar-refractivity contribution in [3.8, 4) is 22.1 Å². The van der Waals surface area contributed by atoms with Gasteiger partial charge in [-0.15, -0.1) is 11.3 Å². The second-order valence-electron chi connectivity index (χ2n) is 5.22. The molecule has 1 fully saturated rings.